The van der Waals surface area contributed by atoms with Gasteiger partial charge in [0.2, 0.25) is 0 Å². The first-order chi connectivity index (χ1) is 25.8. The van der Waals surface area contributed by atoms with Crippen LogP contribution >= 0.6 is 7.82 Å². The van der Waals surface area contributed by atoms with Crippen LogP contribution in [0.1, 0.15) is 168 Å². The van der Waals surface area contributed by atoms with Gasteiger partial charge in [-0.05, 0) is 83.5 Å². The van der Waals surface area contributed by atoms with Crippen LogP contribution in [0.4, 0.5) is 0 Å². The van der Waals surface area contributed by atoms with Crippen LogP contribution in [-0.4, -0.2) is 49.3 Å². The summed E-state index contributed by atoms with van der Waals surface area (Å²) in [5.41, 5.74) is 5.34. The molecule has 0 rings (SSSR count). The molecule has 0 fully saturated rings. The fourth-order valence-corrected chi connectivity index (χ4v) is 6.02. The number of rotatable bonds is 38. The van der Waals surface area contributed by atoms with Gasteiger partial charge in [-0.25, -0.2) is 4.57 Å². The average molecular weight is 766 g/mol. The molecule has 2 atom stereocenters. The van der Waals surface area contributed by atoms with Crippen LogP contribution in [-0.2, 0) is 32.7 Å². The third kappa shape index (κ3) is 39.2. The predicted octanol–water partition coefficient (Wildman–Crippen LogP) is 11.7. The molecule has 0 radical (unpaired) electrons. The van der Waals surface area contributed by atoms with Gasteiger partial charge in [-0.2, -0.15) is 0 Å². The number of nitrogens with two attached hydrogens (primary N) is 1. The summed E-state index contributed by atoms with van der Waals surface area (Å²) < 4.78 is 32.7. The molecule has 0 aliphatic rings. The minimum absolute atomic E-state index is 0.0435. The number of esters is 2. The largest absolute Gasteiger partial charge is 0.472 e. The monoisotopic (exact) mass is 766 g/mol. The van der Waals surface area contributed by atoms with Crippen LogP contribution in [0, 0.1) is 0 Å². The van der Waals surface area contributed by atoms with Gasteiger partial charge in [0.15, 0.2) is 6.10 Å². The second-order valence-corrected chi connectivity index (χ2v) is 14.9. The molecule has 3 N–H and O–H groups in total. The summed E-state index contributed by atoms with van der Waals surface area (Å²) >= 11 is 0. The van der Waals surface area contributed by atoms with E-state index in [2.05, 4.69) is 74.6 Å². The van der Waals surface area contributed by atoms with Crippen molar-refractivity contribution < 1.29 is 37.6 Å². The number of carbonyl (C=O) groups excluding carboxylic acids is 2. The normalized spacial score (nSPS) is 14.0. The van der Waals surface area contributed by atoms with Crippen molar-refractivity contribution in [1.29, 1.82) is 0 Å². The van der Waals surface area contributed by atoms with Gasteiger partial charge < -0.3 is 20.1 Å². The first kappa shape index (κ1) is 50.7. The van der Waals surface area contributed by atoms with Crippen LogP contribution in [0.25, 0.3) is 0 Å². The van der Waals surface area contributed by atoms with Crippen molar-refractivity contribution in [2.24, 2.45) is 5.73 Å². The van der Waals surface area contributed by atoms with E-state index < -0.39 is 32.5 Å². The Hall–Kier alpha value is -2.29. The minimum Gasteiger partial charge on any atom is -0.462 e. The van der Waals surface area contributed by atoms with Crippen molar-refractivity contribution >= 4 is 19.8 Å². The lowest BCUT2D eigenvalue weighted by atomic mass is 10.1. The van der Waals surface area contributed by atoms with Crippen molar-refractivity contribution in [2.75, 3.05) is 26.4 Å². The third-order valence-electron chi connectivity index (χ3n) is 8.38. The standard InChI is InChI=1S/C43H76NO8P/c1-3-5-7-9-11-13-15-17-19-20-22-23-25-27-29-31-33-35-42(45)49-39-41(40-51-53(47,48)50-38-37-44)52-43(46)36-34-32-30-28-26-24-21-18-16-14-12-10-8-6-4-2/h11-14,17-19,21,26,28,41H,3-10,15-16,20,22-25,27,29-40,44H2,1-2H3,(H,47,48)/t41-/m1/s1. The van der Waals surface area contributed by atoms with Crippen molar-refractivity contribution in [3.63, 3.8) is 0 Å². The van der Waals surface area contributed by atoms with Gasteiger partial charge in [0, 0.05) is 19.4 Å². The number of ether oxygens (including phenoxy) is 2. The SMILES string of the molecule is CCCCCC=CCC=CCC=CCCCCC(=O)O[C@H](COC(=O)CCCCCCCCCC=CCC=CCCCCC)COP(=O)(O)OCCN. The molecular weight excluding hydrogens is 689 g/mol. The molecule has 1 unspecified atom stereocenters. The van der Waals surface area contributed by atoms with Gasteiger partial charge in [-0.1, -0.05) is 132 Å². The Labute approximate surface area is 323 Å². The van der Waals surface area contributed by atoms with E-state index in [1.807, 2.05) is 0 Å². The van der Waals surface area contributed by atoms with Gasteiger partial charge >= 0.3 is 19.8 Å². The molecule has 0 aliphatic heterocycles. The number of phosphoric acid groups is 1. The number of carbonyl (C=O) groups is 2. The van der Waals surface area contributed by atoms with E-state index in [1.54, 1.807) is 0 Å². The fourth-order valence-electron chi connectivity index (χ4n) is 5.26. The highest BCUT2D eigenvalue weighted by Gasteiger charge is 2.25. The lowest BCUT2D eigenvalue weighted by molar-refractivity contribution is -0.161. The highest BCUT2D eigenvalue weighted by molar-refractivity contribution is 7.47. The maximum atomic E-state index is 12.5. The molecule has 0 aliphatic carbocycles. The zero-order chi connectivity index (χ0) is 38.9. The fraction of sp³-hybridized carbons (Fsp3) is 0.721. The van der Waals surface area contributed by atoms with Gasteiger partial charge in [0.05, 0.1) is 13.2 Å². The molecule has 0 aromatic carbocycles. The second kappa shape index (κ2) is 39.4. The molecule has 53 heavy (non-hydrogen) atoms. The molecule has 0 aromatic rings. The van der Waals surface area contributed by atoms with E-state index in [1.165, 1.54) is 64.2 Å². The Bertz CT molecular complexity index is 1050. The van der Waals surface area contributed by atoms with E-state index in [0.29, 0.717) is 12.8 Å². The number of hydrogen-bond donors (Lipinski definition) is 2. The van der Waals surface area contributed by atoms with Crippen LogP contribution in [0.5, 0.6) is 0 Å². The van der Waals surface area contributed by atoms with E-state index in [4.69, 9.17) is 24.3 Å². The predicted molar refractivity (Wildman–Crippen MR) is 219 cm³/mol. The second-order valence-electron chi connectivity index (χ2n) is 13.5. The van der Waals surface area contributed by atoms with Crippen molar-refractivity contribution in [2.45, 2.75) is 174 Å². The first-order valence-electron chi connectivity index (χ1n) is 20.8. The van der Waals surface area contributed by atoms with Gasteiger partial charge in [0.1, 0.15) is 6.61 Å². The Morgan fingerprint density at radius 3 is 1.49 bits per heavy atom. The lowest BCUT2D eigenvalue weighted by Crippen LogP contribution is -2.29. The van der Waals surface area contributed by atoms with Crippen LogP contribution in [0.15, 0.2) is 60.8 Å². The quantitative estimate of drug-likeness (QED) is 0.0272. The number of unbranched alkanes of at least 4 members (excludes halogenated alkanes) is 15. The molecule has 0 bridgehead atoms. The van der Waals surface area contributed by atoms with Gasteiger partial charge in [-0.3, -0.25) is 18.6 Å². The molecule has 0 heterocycles. The van der Waals surface area contributed by atoms with Crippen LogP contribution < -0.4 is 5.73 Å². The molecule has 9 nitrogen and oxygen atoms in total. The summed E-state index contributed by atoms with van der Waals surface area (Å²) in [6.07, 6.45) is 45.3. The number of hydrogen-bond acceptors (Lipinski definition) is 8. The highest BCUT2D eigenvalue weighted by atomic mass is 31.2. The summed E-state index contributed by atoms with van der Waals surface area (Å²) in [4.78, 5) is 34.8. The summed E-state index contributed by atoms with van der Waals surface area (Å²) in [6, 6.07) is 0. The maximum Gasteiger partial charge on any atom is 0.472 e. The topological polar surface area (TPSA) is 134 Å². The zero-order valence-electron chi connectivity index (χ0n) is 33.5. The summed E-state index contributed by atoms with van der Waals surface area (Å²) in [5, 5.41) is 0. The van der Waals surface area contributed by atoms with E-state index in [0.717, 1.165) is 64.2 Å². The maximum absolute atomic E-state index is 12.5. The highest BCUT2D eigenvalue weighted by Crippen LogP contribution is 2.43. The Morgan fingerprint density at radius 1 is 0.566 bits per heavy atom. The van der Waals surface area contributed by atoms with Crippen molar-refractivity contribution in [3.8, 4) is 0 Å². The molecule has 306 valence electrons. The summed E-state index contributed by atoms with van der Waals surface area (Å²) in [5.74, 6) is -0.887. The Kier molecular flexibility index (Phi) is 37.7. The lowest BCUT2D eigenvalue weighted by Gasteiger charge is -2.19. The Morgan fingerprint density at radius 2 is 0.981 bits per heavy atom. The van der Waals surface area contributed by atoms with Crippen LogP contribution in [0.2, 0.25) is 0 Å². The van der Waals surface area contributed by atoms with Crippen LogP contribution in [0.3, 0.4) is 0 Å². The number of allylic oxidation sites excluding steroid dienone is 10. The molecule has 0 aromatic heterocycles. The molecular formula is C43H76NO8P. The smallest absolute Gasteiger partial charge is 0.462 e. The molecule has 0 saturated carbocycles. The average Bonchev–Trinajstić information content (AvgIpc) is 3.14. The summed E-state index contributed by atoms with van der Waals surface area (Å²) in [7, 11) is -4.39. The first-order valence-corrected chi connectivity index (χ1v) is 22.3. The molecule has 10 heteroatoms. The van der Waals surface area contributed by atoms with Gasteiger partial charge in [0.25, 0.3) is 0 Å². The Balaban J connectivity index is 4.26. The molecule has 0 spiro atoms. The van der Waals surface area contributed by atoms with Crippen molar-refractivity contribution in [1.82, 2.24) is 0 Å². The van der Waals surface area contributed by atoms with Gasteiger partial charge in [-0.15, -0.1) is 0 Å². The molecule has 0 saturated heterocycles. The molecule has 0 amide bonds. The summed E-state index contributed by atoms with van der Waals surface area (Å²) in [6.45, 7) is 3.61. The number of phosphoric ester groups is 1. The van der Waals surface area contributed by atoms with E-state index in [9.17, 15) is 19.0 Å². The minimum atomic E-state index is -4.39. The zero-order valence-corrected chi connectivity index (χ0v) is 34.4. The van der Waals surface area contributed by atoms with E-state index in [-0.39, 0.29) is 32.6 Å². The van der Waals surface area contributed by atoms with Crippen molar-refractivity contribution in [3.05, 3.63) is 60.8 Å². The third-order valence-corrected chi connectivity index (χ3v) is 9.36. The van der Waals surface area contributed by atoms with E-state index >= 15 is 0 Å².